The van der Waals surface area contributed by atoms with Crippen LogP contribution in [0.1, 0.15) is 22.7 Å². The van der Waals surface area contributed by atoms with E-state index in [4.69, 9.17) is 11.6 Å². The standard InChI is InChI=1S/C27H19ClN4O3S2/c28-20-11-5-4-9-19(20)16-36-27-31-30-26(37-27)32-23(18-10-6-14-29-15-18)22(24(34)25(32)35)21(33)13-12-17-7-2-1-3-8-17/h1-15,23,34H,16H2/b13-12+. The Morgan fingerprint density at radius 1 is 1.08 bits per heavy atom. The average molecular weight is 547 g/mol. The van der Waals surface area contributed by atoms with Crippen molar-refractivity contribution in [3.63, 3.8) is 0 Å². The van der Waals surface area contributed by atoms with E-state index >= 15 is 0 Å². The topological polar surface area (TPSA) is 96.3 Å². The molecule has 1 aliphatic rings. The number of anilines is 1. The molecule has 0 bridgehead atoms. The number of halogens is 1. The third kappa shape index (κ3) is 5.34. The summed E-state index contributed by atoms with van der Waals surface area (Å²) < 4.78 is 0.621. The molecule has 0 radical (unpaired) electrons. The van der Waals surface area contributed by atoms with Crippen molar-refractivity contribution in [3.8, 4) is 0 Å². The van der Waals surface area contributed by atoms with Crippen LogP contribution in [-0.2, 0) is 15.3 Å². The number of nitrogens with zero attached hydrogens (tertiary/aromatic N) is 4. The maximum atomic E-state index is 13.3. The number of thioether (sulfide) groups is 1. The first-order valence-corrected chi connectivity index (χ1v) is 13.3. The highest BCUT2D eigenvalue weighted by atomic mass is 35.5. The van der Waals surface area contributed by atoms with Gasteiger partial charge < -0.3 is 5.11 Å². The van der Waals surface area contributed by atoms with E-state index in [1.54, 1.807) is 30.6 Å². The number of carbonyl (C=O) groups excluding carboxylic acids is 2. The average Bonchev–Trinajstić information content (AvgIpc) is 3.50. The summed E-state index contributed by atoms with van der Waals surface area (Å²) >= 11 is 8.89. The molecule has 0 saturated carbocycles. The Morgan fingerprint density at radius 2 is 1.86 bits per heavy atom. The lowest BCUT2D eigenvalue weighted by Gasteiger charge is -2.23. The van der Waals surface area contributed by atoms with Gasteiger partial charge in [-0.25, -0.2) is 0 Å². The van der Waals surface area contributed by atoms with Crippen LogP contribution >= 0.6 is 34.7 Å². The molecular weight excluding hydrogens is 528 g/mol. The minimum absolute atomic E-state index is 0.0364. The molecule has 1 N–H and O–H groups in total. The zero-order valence-corrected chi connectivity index (χ0v) is 21.6. The summed E-state index contributed by atoms with van der Waals surface area (Å²) in [6.45, 7) is 0. The van der Waals surface area contributed by atoms with Crippen LogP contribution in [0.15, 0.2) is 101 Å². The van der Waals surface area contributed by atoms with E-state index in [0.717, 1.165) is 11.1 Å². The van der Waals surface area contributed by atoms with Crippen LogP contribution in [0.25, 0.3) is 6.08 Å². The number of hydrogen-bond acceptors (Lipinski definition) is 8. The maximum Gasteiger partial charge on any atom is 0.296 e. The highest BCUT2D eigenvalue weighted by molar-refractivity contribution is 8.00. The van der Waals surface area contributed by atoms with Crippen LogP contribution in [-0.4, -0.2) is 32.0 Å². The van der Waals surface area contributed by atoms with Gasteiger partial charge in [-0.2, -0.15) is 0 Å². The van der Waals surface area contributed by atoms with Crippen molar-refractivity contribution < 1.29 is 14.7 Å². The highest BCUT2D eigenvalue weighted by Crippen LogP contribution is 2.43. The van der Waals surface area contributed by atoms with Gasteiger partial charge >= 0.3 is 0 Å². The fourth-order valence-electron chi connectivity index (χ4n) is 3.85. The molecule has 3 heterocycles. The number of amides is 1. The van der Waals surface area contributed by atoms with Gasteiger partial charge in [-0.05, 0) is 34.9 Å². The molecule has 0 fully saturated rings. The minimum Gasteiger partial charge on any atom is -0.503 e. The maximum absolute atomic E-state index is 13.3. The number of aromatic nitrogens is 3. The first-order chi connectivity index (χ1) is 18.0. The third-order valence-corrected chi connectivity index (χ3v) is 8.08. The lowest BCUT2D eigenvalue weighted by molar-refractivity contribution is -0.117. The molecule has 10 heteroatoms. The van der Waals surface area contributed by atoms with Gasteiger partial charge in [0.15, 0.2) is 15.9 Å². The molecule has 1 amide bonds. The summed E-state index contributed by atoms with van der Waals surface area (Å²) in [6.07, 6.45) is 6.15. The van der Waals surface area contributed by atoms with Crippen molar-refractivity contribution in [2.24, 2.45) is 0 Å². The van der Waals surface area contributed by atoms with Gasteiger partial charge in [0.05, 0.1) is 11.6 Å². The molecule has 4 aromatic rings. The summed E-state index contributed by atoms with van der Waals surface area (Å²) in [6, 6.07) is 19.4. The fourth-order valence-corrected chi connectivity index (χ4v) is 6.00. The molecule has 1 aliphatic heterocycles. The van der Waals surface area contributed by atoms with E-state index in [2.05, 4.69) is 15.2 Å². The van der Waals surface area contributed by atoms with Crippen molar-refractivity contribution in [2.45, 2.75) is 16.1 Å². The SMILES string of the molecule is O=C(/C=C/c1ccccc1)C1=C(O)C(=O)N(c2nnc(SCc3ccccc3Cl)s2)C1c1cccnc1. The Morgan fingerprint density at radius 3 is 2.62 bits per heavy atom. The molecule has 0 saturated heterocycles. The molecule has 1 atom stereocenters. The van der Waals surface area contributed by atoms with E-state index in [-0.39, 0.29) is 10.7 Å². The Bertz CT molecular complexity index is 1510. The number of benzene rings is 2. The second-order valence-electron chi connectivity index (χ2n) is 7.97. The number of hydrogen-bond donors (Lipinski definition) is 1. The number of rotatable bonds is 8. The quantitative estimate of drug-likeness (QED) is 0.163. The van der Waals surface area contributed by atoms with Crippen LogP contribution < -0.4 is 4.90 Å². The Kier molecular flexibility index (Phi) is 7.45. The molecule has 7 nitrogen and oxygen atoms in total. The van der Waals surface area contributed by atoms with E-state index in [0.29, 0.717) is 20.7 Å². The normalized spacial score (nSPS) is 15.6. The molecule has 1 unspecified atom stereocenters. The van der Waals surface area contributed by atoms with E-state index < -0.39 is 23.5 Å². The van der Waals surface area contributed by atoms with Crippen molar-refractivity contribution in [1.82, 2.24) is 15.2 Å². The van der Waals surface area contributed by atoms with E-state index in [9.17, 15) is 14.7 Å². The van der Waals surface area contributed by atoms with Gasteiger partial charge in [-0.1, -0.05) is 95.4 Å². The summed E-state index contributed by atoms with van der Waals surface area (Å²) in [5.41, 5.74) is 2.30. The summed E-state index contributed by atoms with van der Waals surface area (Å²) in [5.74, 6) is -1.24. The molecule has 5 rings (SSSR count). The summed E-state index contributed by atoms with van der Waals surface area (Å²) in [4.78, 5) is 32.0. The zero-order chi connectivity index (χ0) is 25.8. The van der Waals surface area contributed by atoms with Crippen LogP contribution in [0, 0.1) is 0 Å². The van der Waals surface area contributed by atoms with Gasteiger partial charge in [0.1, 0.15) is 0 Å². The molecule has 184 valence electrons. The number of aliphatic hydroxyl groups is 1. The van der Waals surface area contributed by atoms with E-state index in [1.807, 2.05) is 54.6 Å². The molecule has 2 aromatic carbocycles. The minimum atomic E-state index is -0.900. The molecule has 0 spiro atoms. The van der Waals surface area contributed by atoms with Gasteiger partial charge in [-0.3, -0.25) is 19.5 Å². The summed E-state index contributed by atoms with van der Waals surface area (Å²) in [7, 11) is 0. The van der Waals surface area contributed by atoms with Crippen molar-refractivity contribution in [3.05, 3.63) is 118 Å². The predicted molar refractivity (Wildman–Crippen MR) is 146 cm³/mol. The van der Waals surface area contributed by atoms with Gasteiger partial charge in [-0.15, -0.1) is 10.2 Å². The third-order valence-electron chi connectivity index (χ3n) is 5.61. The lowest BCUT2D eigenvalue weighted by Crippen LogP contribution is -2.30. The zero-order valence-electron chi connectivity index (χ0n) is 19.2. The van der Waals surface area contributed by atoms with Gasteiger partial charge in [0, 0.05) is 23.2 Å². The van der Waals surface area contributed by atoms with Crippen LogP contribution in [0.4, 0.5) is 5.13 Å². The second-order valence-corrected chi connectivity index (χ2v) is 10.6. The largest absolute Gasteiger partial charge is 0.503 e. The second kappa shape index (κ2) is 11.1. The number of pyridine rings is 1. The molecular formula is C27H19ClN4O3S2. The van der Waals surface area contributed by atoms with Crippen molar-refractivity contribution in [2.75, 3.05) is 4.90 Å². The van der Waals surface area contributed by atoms with Gasteiger partial charge in [0.2, 0.25) is 5.13 Å². The molecule has 37 heavy (non-hydrogen) atoms. The first-order valence-electron chi connectivity index (χ1n) is 11.2. The van der Waals surface area contributed by atoms with Crippen molar-refractivity contribution in [1.29, 1.82) is 0 Å². The van der Waals surface area contributed by atoms with E-state index in [1.165, 1.54) is 34.1 Å². The highest BCUT2D eigenvalue weighted by Gasteiger charge is 2.45. The van der Waals surface area contributed by atoms with Crippen LogP contribution in [0.3, 0.4) is 0 Å². The van der Waals surface area contributed by atoms with Crippen LogP contribution in [0.5, 0.6) is 0 Å². The fraction of sp³-hybridized carbons (Fsp3) is 0.0741. The molecule has 0 aliphatic carbocycles. The summed E-state index contributed by atoms with van der Waals surface area (Å²) in [5, 5.41) is 20.2. The number of aliphatic hydroxyl groups excluding tert-OH is 1. The predicted octanol–water partition coefficient (Wildman–Crippen LogP) is 6.06. The Balaban J connectivity index is 1.45. The smallest absolute Gasteiger partial charge is 0.296 e. The monoisotopic (exact) mass is 546 g/mol. The lowest BCUT2D eigenvalue weighted by atomic mass is 9.97. The first kappa shape index (κ1) is 24.9. The number of allylic oxidation sites excluding steroid dienone is 1. The number of carbonyl (C=O) groups is 2. The Hall–Kier alpha value is -3.79. The van der Waals surface area contributed by atoms with Crippen LogP contribution in [0.2, 0.25) is 5.02 Å². The van der Waals surface area contributed by atoms with Crippen molar-refractivity contribution >= 4 is 57.6 Å². The molecule has 2 aromatic heterocycles. The number of ketones is 1. The Labute approximate surface area is 226 Å². The van der Waals surface area contributed by atoms with Gasteiger partial charge in [0.25, 0.3) is 5.91 Å².